The van der Waals surface area contributed by atoms with Gasteiger partial charge in [-0.1, -0.05) is 18.2 Å². The van der Waals surface area contributed by atoms with Gasteiger partial charge in [-0.05, 0) is 18.2 Å². The lowest BCUT2D eigenvalue weighted by Crippen LogP contribution is -2.34. The molecule has 7 nitrogen and oxygen atoms in total. The Bertz CT molecular complexity index is 1100. The van der Waals surface area contributed by atoms with E-state index in [1.54, 1.807) is 49.5 Å². The van der Waals surface area contributed by atoms with E-state index in [1.165, 1.54) is 16.5 Å². The SMILES string of the molecule is CN(C(=O)c1c(O)c2ccccc2n(C)c1=O)c1ccc2c(c1)OOC2. The molecule has 2 heterocycles. The number of rotatable bonds is 2. The van der Waals surface area contributed by atoms with Crippen molar-refractivity contribution >= 4 is 22.5 Å². The molecule has 1 N–H and O–H groups in total. The quantitative estimate of drug-likeness (QED) is 0.716. The zero-order valence-electron chi connectivity index (χ0n) is 14.2. The highest BCUT2D eigenvalue weighted by atomic mass is 17.2. The van der Waals surface area contributed by atoms with Crippen molar-refractivity contribution in [1.29, 1.82) is 0 Å². The fourth-order valence-electron chi connectivity index (χ4n) is 3.06. The molecule has 1 aliphatic heterocycles. The van der Waals surface area contributed by atoms with Crippen LogP contribution in [0.4, 0.5) is 5.69 Å². The molecule has 132 valence electrons. The second-order valence-corrected chi connectivity index (χ2v) is 6.11. The first-order valence-electron chi connectivity index (χ1n) is 8.00. The summed E-state index contributed by atoms with van der Waals surface area (Å²) < 4.78 is 1.36. The lowest BCUT2D eigenvalue weighted by atomic mass is 10.1. The molecule has 0 saturated heterocycles. The minimum Gasteiger partial charge on any atom is -0.506 e. The molecule has 3 aromatic rings. The number of pyridine rings is 1. The highest BCUT2D eigenvalue weighted by Crippen LogP contribution is 2.32. The van der Waals surface area contributed by atoms with Crippen molar-refractivity contribution in [2.45, 2.75) is 6.61 Å². The van der Waals surface area contributed by atoms with E-state index in [0.29, 0.717) is 28.9 Å². The van der Waals surface area contributed by atoms with E-state index in [-0.39, 0.29) is 11.3 Å². The molecule has 26 heavy (non-hydrogen) atoms. The second-order valence-electron chi connectivity index (χ2n) is 6.11. The summed E-state index contributed by atoms with van der Waals surface area (Å²) in [6.45, 7) is 0.347. The largest absolute Gasteiger partial charge is 0.506 e. The van der Waals surface area contributed by atoms with E-state index < -0.39 is 11.5 Å². The molecule has 1 aliphatic rings. The summed E-state index contributed by atoms with van der Waals surface area (Å²) in [5.41, 5.74) is 1.12. The molecule has 0 bridgehead atoms. The lowest BCUT2D eigenvalue weighted by molar-refractivity contribution is -0.194. The summed E-state index contributed by atoms with van der Waals surface area (Å²) in [7, 11) is 3.11. The molecule has 7 heteroatoms. The zero-order chi connectivity index (χ0) is 18.4. The fourth-order valence-corrected chi connectivity index (χ4v) is 3.06. The van der Waals surface area contributed by atoms with Crippen LogP contribution in [0.15, 0.2) is 47.3 Å². The van der Waals surface area contributed by atoms with Crippen molar-refractivity contribution in [3.05, 3.63) is 63.9 Å². The topological polar surface area (TPSA) is 81.0 Å². The van der Waals surface area contributed by atoms with Crippen LogP contribution in [-0.4, -0.2) is 22.6 Å². The number of aromatic hydroxyl groups is 1. The number of nitrogens with zero attached hydrogens (tertiary/aromatic N) is 2. The third-order valence-corrected chi connectivity index (χ3v) is 4.60. The Hall–Kier alpha value is -3.32. The highest BCUT2D eigenvalue weighted by Gasteiger charge is 2.25. The van der Waals surface area contributed by atoms with Gasteiger partial charge in [0.25, 0.3) is 11.5 Å². The van der Waals surface area contributed by atoms with Crippen molar-refractivity contribution in [2.24, 2.45) is 7.05 Å². The van der Waals surface area contributed by atoms with E-state index in [1.807, 2.05) is 0 Å². The average Bonchev–Trinajstić information content (AvgIpc) is 3.13. The standard InChI is InChI=1S/C19H16N2O5/c1-20(12-8-7-11-10-25-26-15(11)9-12)18(23)16-17(22)13-5-3-4-6-14(13)21(2)19(16)24/h3-9,22H,10H2,1-2H3. The molecule has 0 radical (unpaired) electrons. The number of aromatic nitrogens is 1. The third kappa shape index (κ3) is 2.33. The van der Waals surface area contributed by atoms with E-state index in [4.69, 9.17) is 9.78 Å². The number of anilines is 1. The van der Waals surface area contributed by atoms with Gasteiger partial charge in [0, 0.05) is 36.8 Å². The molecule has 1 amide bonds. The zero-order valence-corrected chi connectivity index (χ0v) is 14.2. The van der Waals surface area contributed by atoms with Crippen molar-refractivity contribution in [3.8, 4) is 11.5 Å². The Morgan fingerprint density at radius 1 is 1.23 bits per heavy atom. The van der Waals surface area contributed by atoms with Crippen LogP contribution in [0, 0.1) is 0 Å². The molecule has 0 fully saturated rings. The molecule has 4 rings (SSSR count). The molecule has 0 saturated carbocycles. The number of fused-ring (bicyclic) bond motifs is 2. The third-order valence-electron chi connectivity index (χ3n) is 4.60. The minimum absolute atomic E-state index is 0.272. The van der Waals surface area contributed by atoms with E-state index in [9.17, 15) is 14.7 Å². The number of hydrogen-bond donors (Lipinski definition) is 1. The van der Waals surface area contributed by atoms with Gasteiger partial charge in [0.1, 0.15) is 17.9 Å². The normalized spacial score (nSPS) is 12.7. The number of para-hydroxylation sites is 1. The molecule has 0 aliphatic carbocycles. The molecule has 0 spiro atoms. The van der Waals surface area contributed by atoms with Crippen molar-refractivity contribution in [1.82, 2.24) is 4.57 Å². The Morgan fingerprint density at radius 3 is 2.81 bits per heavy atom. The van der Waals surface area contributed by atoms with Crippen molar-refractivity contribution in [2.75, 3.05) is 11.9 Å². The van der Waals surface area contributed by atoms with Crippen LogP contribution in [0.5, 0.6) is 11.5 Å². The summed E-state index contributed by atoms with van der Waals surface area (Å²) in [5.74, 6) is -0.396. The maximum absolute atomic E-state index is 13.0. The molecule has 1 aromatic heterocycles. The van der Waals surface area contributed by atoms with Gasteiger partial charge in [-0.25, -0.2) is 0 Å². The number of carbonyl (C=O) groups is 1. The Morgan fingerprint density at radius 2 is 2.00 bits per heavy atom. The summed E-state index contributed by atoms with van der Waals surface area (Å²) >= 11 is 0. The lowest BCUT2D eigenvalue weighted by Gasteiger charge is -2.19. The first-order chi connectivity index (χ1) is 12.5. The maximum Gasteiger partial charge on any atom is 0.267 e. The van der Waals surface area contributed by atoms with Crippen LogP contribution in [0.1, 0.15) is 15.9 Å². The van der Waals surface area contributed by atoms with Gasteiger partial charge in [0.2, 0.25) is 0 Å². The molecular weight excluding hydrogens is 336 g/mol. The molecule has 0 unspecified atom stereocenters. The number of aryl methyl sites for hydroxylation is 1. The van der Waals surface area contributed by atoms with Gasteiger partial charge >= 0.3 is 0 Å². The van der Waals surface area contributed by atoms with Crippen LogP contribution in [0.3, 0.4) is 0 Å². The van der Waals surface area contributed by atoms with Crippen molar-refractivity contribution in [3.63, 3.8) is 0 Å². The van der Waals surface area contributed by atoms with Gasteiger partial charge < -0.3 is 19.5 Å². The highest BCUT2D eigenvalue weighted by molar-refractivity contribution is 6.10. The van der Waals surface area contributed by atoms with E-state index in [0.717, 1.165) is 5.56 Å². The van der Waals surface area contributed by atoms with Gasteiger partial charge in [0.15, 0.2) is 5.75 Å². The van der Waals surface area contributed by atoms with Gasteiger partial charge in [-0.15, -0.1) is 0 Å². The van der Waals surface area contributed by atoms with Gasteiger partial charge in [-0.3, -0.25) is 9.59 Å². The average molecular weight is 352 g/mol. The predicted octanol–water partition coefficient (Wildman–Crippen LogP) is 2.34. The number of carbonyl (C=O) groups excluding carboxylic acids is 1. The summed E-state index contributed by atoms with van der Waals surface area (Å²) in [6, 6.07) is 12.1. The van der Waals surface area contributed by atoms with Gasteiger partial charge in [-0.2, -0.15) is 4.89 Å². The van der Waals surface area contributed by atoms with Crippen LogP contribution < -0.4 is 15.3 Å². The Kier molecular flexibility index (Phi) is 3.66. The maximum atomic E-state index is 13.0. The van der Waals surface area contributed by atoms with Crippen LogP contribution in [-0.2, 0) is 18.5 Å². The first-order valence-corrected chi connectivity index (χ1v) is 8.00. The summed E-state index contributed by atoms with van der Waals surface area (Å²) in [6.07, 6.45) is 0. The van der Waals surface area contributed by atoms with E-state index in [2.05, 4.69) is 0 Å². The number of hydrogen-bond acceptors (Lipinski definition) is 5. The summed E-state index contributed by atoms with van der Waals surface area (Å²) in [5, 5.41) is 11.0. The smallest absolute Gasteiger partial charge is 0.267 e. The van der Waals surface area contributed by atoms with Crippen LogP contribution in [0.2, 0.25) is 0 Å². The fraction of sp³-hybridized carbons (Fsp3) is 0.158. The Balaban J connectivity index is 1.82. The second kappa shape index (κ2) is 5.89. The predicted molar refractivity (Wildman–Crippen MR) is 95.4 cm³/mol. The van der Waals surface area contributed by atoms with Crippen LogP contribution in [0.25, 0.3) is 10.9 Å². The minimum atomic E-state index is -0.604. The molecule has 2 aromatic carbocycles. The van der Waals surface area contributed by atoms with Crippen LogP contribution >= 0.6 is 0 Å². The monoisotopic (exact) mass is 352 g/mol. The Labute approximate surface area is 148 Å². The van der Waals surface area contributed by atoms with Crippen molar-refractivity contribution < 1.29 is 19.7 Å². The molecule has 0 atom stereocenters. The first kappa shape index (κ1) is 16.2. The van der Waals surface area contributed by atoms with Gasteiger partial charge in [0.05, 0.1) is 5.52 Å². The number of amides is 1. The molecular formula is C19H16N2O5. The van der Waals surface area contributed by atoms with E-state index >= 15 is 0 Å². The summed E-state index contributed by atoms with van der Waals surface area (Å²) in [4.78, 5) is 36.9. The number of benzene rings is 2.